The Morgan fingerprint density at radius 1 is 1.07 bits per heavy atom. The molecule has 0 radical (unpaired) electrons. The summed E-state index contributed by atoms with van der Waals surface area (Å²) < 4.78 is 27.1. The van der Waals surface area contributed by atoms with Crippen LogP contribution in [0.2, 0.25) is 0 Å². The second-order valence-electron chi connectivity index (χ2n) is 7.15. The van der Waals surface area contributed by atoms with Crippen molar-refractivity contribution in [1.29, 1.82) is 0 Å². The molecule has 1 N–H and O–H groups in total. The zero-order chi connectivity index (χ0) is 19.3. The van der Waals surface area contributed by atoms with Crippen molar-refractivity contribution < 1.29 is 13.2 Å². The van der Waals surface area contributed by atoms with Gasteiger partial charge in [-0.15, -0.1) is 0 Å². The molecule has 144 valence electrons. The highest BCUT2D eigenvalue weighted by molar-refractivity contribution is 7.89. The molecule has 0 saturated carbocycles. The van der Waals surface area contributed by atoms with Crippen molar-refractivity contribution in [2.75, 3.05) is 19.6 Å². The molecular weight excluding hydrogens is 360 g/mol. The minimum absolute atomic E-state index is 0.163. The Labute approximate surface area is 161 Å². The van der Waals surface area contributed by atoms with Crippen molar-refractivity contribution in [2.45, 2.75) is 31.1 Å². The van der Waals surface area contributed by atoms with E-state index >= 15 is 0 Å². The lowest BCUT2D eigenvalue weighted by atomic mass is 9.90. The maximum atomic E-state index is 12.4. The SMILES string of the molecule is Cc1cccc(S(=O)(=O)NCC(=O)N2CCC(Cc3ccccc3)CC2)c1. The smallest absolute Gasteiger partial charge is 0.241 e. The van der Waals surface area contributed by atoms with Crippen LogP contribution in [0.15, 0.2) is 59.5 Å². The number of rotatable bonds is 6. The van der Waals surface area contributed by atoms with Gasteiger partial charge in [-0.1, -0.05) is 42.5 Å². The summed E-state index contributed by atoms with van der Waals surface area (Å²) in [5.41, 5.74) is 2.19. The van der Waals surface area contributed by atoms with Crippen LogP contribution in [0, 0.1) is 12.8 Å². The number of nitrogens with one attached hydrogen (secondary N) is 1. The molecule has 0 unspecified atom stereocenters. The van der Waals surface area contributed by atoms with Gasteiger partial charge < -0.3 is 4.90 Å². The van der Waals surface area contributed by atoms with E-state index in [1.165, 1.54) is 11.6 Å². The van der Waals surface area contributed by atoms with Gasteiger partial charge in [0, 0.05) is 13.1 Å². The fourth-order valence-corrected chi connectivity index (χ4v) is 4.55. The molecule has 6 heteroatoms. The van der Waals surface area contributed by atoms with Crippen LogP contribution in [-0.2, 0) is 21.2 Å². The molecule has 1 amide bonds. The van der Waals surface area contributed by atoms with Gasteiger partial charge in [0.15, 0.2) is 0 Å². The highest BCUT2D eigenvalue weighted by atomic mass is 32.2. The number of hydrogen-bond acceptors (Lipinski definition) is 3. The first-order valence-electron chi connectivity index (χ1n) is 9.32. The molecule has 0 atom stereocenters. The van der Waals surface area contributed by atoms with Crippen molar-refractivity contribution in [3.8, 4) is 0 Å². The Morgan fingerprint density at radius 2 is 1.78 bits per heavy atom. The fraction of sp³-hybridized carbons (Fsp3) is 0.381. The summed E-state index contributed by atoms with van der Waals surface area (Å²) >= 11 is 0. The van der Waals surface area contributed by atoms with E-state index in [2.05, 4.69) is 16.9 Å². The van der Waals surface area contributed by atoms with Crippen LogP contribution in [0.4, 0.5) is 0 Å². The predicted molar refractivity (Wildman–Crippen MR) is 106 cm³/mol. The third kappa shape index (κ3) is 5.40. The third-order valence-corrected chi connectivity index (χ3v) is 6.45. The Kier molecular flexibility index (Phi) is 6.29. The summed E-state index contributed by atoms with van der Waals surface area (Å²) in [6.45, 7) is 3.01. The Morgan fingerprint density at radius 3 is 2.44 bits per heavy atom. The molecule has 0 spiro atoms. The summed E-state index contributed by atoms with van der Waals surface area (Å²) in [7, 11) is -3.67. The van der Waals surface area contributed by atoms with E-state index in [0.717, 1.165) is 24.8 Å². The number of likely N-dealkylation sites (tertiary alicyclic amines) is 1. The van der Waals surface area contributed by atoms with E-state index in [0.29, 0.717) is 19.0 Å². The van der Waals surface area contributed by atoms with Gasteiger partial charge in [-0.2, -0.15) is 0 Å². The average molecular weight is 387 g/mol. The average Bonchev–Trinajstić information content (AvgIpc) is 2.68. The lowest BCUT2D eigenvalue weighted by molar-refractivity contribution is -0.131. The number of amides is 1. The molecule has 0 aliphatic carbocycles. The number of aryl methyl sites for hydroxylation is 1. The zero-order valence-corrected chi connectivity index (χ0v) is 16.4. The minimum atomic E-state index is -3.67. The molecular formula is C21H26N2O3S. The topological polar surface area (TPSA) is 66.5 Å². The molecule has 2 aromatic rings. The zero-order valence-electron chi connectivity index (χ0n) is 15.6. The fourth-order valence-electron chi connectivity index (χ4n) is 3.47. The number of nitrogens with zero attached hydrogens (tertiary/aromatic N) is 1. The van der Waals surface area contributed by atoms with Crippen molar-refractivity contribution in [2.24, 2.45) is 5.92 Å². The van der Waals surface area contributed by atoms with Gasteiger partial charge in [0.25, 0.3) is 0 Å². The van der Waals surface area contributed by atoms with E-state index < -0.39 is 10.0 Å². The quantitative estimate of drug-likeness (QED) is 0.830. The van der Waals surface area contributed by atoms with Crippen molar-refractivity contribution >= 4 is 15.9 Å². The summed E-state index contributed by atoms with van der Waals surface area (Å²) in [5, 5.41) is 0. The molecule has 5 nitrogen and oxygen atoms in total. The number of carbonyl (C=O) groups excluding carboxylic acids is 1. The summed E-state index contributed by atoms with van der Waals surface area (Å²) in [4.78, 5) is 14.4. The molecule has 1 fully saturated rings. The molecule has 1 aliphatic heterocycles. The van der Waals surface area contributed by atoms with Crippen LogP contribution >= 0.6 is 0 Å². The van der Waals surface area contributed by atoms with Crippen LogP contribution in [0.3, 0.4) is 0 Å². The van der Waals surface area contributed by atoms with E-state index in [1.807, 2.05) is 31.2 Å². The predicted octanol–water partition coefficient (Wildman–Crippen LogP) is 2.75. The Hall–Kier alpha value is -2.18. The largest absolute Gasteiger partial charge is 0.342 e. The van der Waals surface area contributed by atoms with Crippen LogP contribution in [-0.4, -0.2) is 38.9 Å². The lowest BCUT2D eigenvalue weighted by Gasteiger charge is -2.32. The first kappa shape index (κ1) is 19.6. The molecule has 1 heterocycles. The third-order valence-electron chi connectivity index (χ3n) is 5.05. The maximum Gasteiger partial charge on any atom is 0.241 e. The van der Waals surface area contributed by atoms with Gasteiger partial charge in [0.1, 0.15) is 0 Å². The first-order chi connectivity index (χ1) is 12.9. The van der Waals surface area contributed by atoms with E-state index in [1.54, 1.807) is 17.0 Å². The minimum Gasteiger partial charge on any atom is -0.342 e. The maximum absolute atomic E-state index is 12.4. The van der Waals surface area contributed by atoms with E-state index in [-0.39, 0.29) is 17.3 Å². The Bertz CT molecular complexity index is 873. The summed E-state index contributed by atoms with van der Waals surface area (Å²) in [6, 6.07) is 17.1. The first-order valence-corrected chi connectivity index (χ1v) is 10.8. The number of hydrogen-bond donors (Lipinski definition) is 1. The van der Waals surface area contributed by atoms with Crippen LogP contribution in [0.5, 0.6) is 0 Å². The van der Waals surface area contributed by atoms with Crippen LogP contribution in [0.1, 0.15) is 24.0 Å². The van der Waals surface area contributed by atoms with Crippen molar-refractivity contribution in [3.63, 3.8) is 0 Å². The second-order valence-corrected chi connectivity index (χ2v) is 8.92. The van der Waals surface area contributed by atoms with Gasteiger partial charge in [-0.05, 0) is 55.4 Å². The summed E-state index contributed by atoms with van der Waals surface area (Å²) in [6.07, 6.45) is 2.93. The van der Waals surface area contributed by atoms with Crippen LogP contribution in [0.25, 0.3) is 0 Å². The van der Waals surface area contributed by atoms with Gasteiger partial charge >= 0.3 is 0 Å². The van der Waals surface area contributed by atoms with Gasteiger partial charge in [0.05, 0.1) is 11.4 Å². The highest BCUT2D eigenvalue weighted by Crippen LogP contribution is 2.21. The highest BCUT2D eigenvalue weighted by Gasteiger charge is 2.24. The number of carbonyl (C=O) groups is 1. The standard InChI is InChI=1S/C21H26N2O3S/c1-17-6-5-9-20(14-17)27(25,26)22-16-21(24)23-12-10-19(11-13-23)15-18-7-3-2-4-8-18/h2-9,14,19,22H,10-13,15-16H2,1H3. The van der Waals surface area contributed by atoms with Crippen molar-refractivity contribution in [1.82, 2.24) is 9.62 Å². The molecule has 2 aromatic carbocycles. The van der Waals surface area contributed by atoms with E-state index in [4.69, 9.17) is 0 Å². The molecule has 1 aliphatic rings. The monoisotopic (exact) mass is 386 g/mol. The number of sulfonamides is 1. The molecule has 1 saturated heterocycles. The lowest BCUT2D eigenvalue weighted by Crippen LogP contribution is -2.44. The Balaban J connectivity index is 1.48. The number of piperidine rings is 1. The number of benzene rings is 2. The van der Waals surface area contributed by atoms with E-state index in [9.17, 15) is 13.2 Å². The normalized spacial score (nSPS) is 15.7. The summed E-state index contributed by atoms with van der Waals surface area (Å²) in [5.74, 6) is 0.407. The van der Waals surface area contributed by atoms with Gasteiger partial charge in [0.2, 0.25) is 15.9 Å². The molecule has 0 aromatic heterocycles. The second kappa shape index (κ2) is 8.67. The van der Waals surface area contributed by atoms with Gasteiger partial charge in [-0.25, -0.2) is 13.1 Å². The molecule has 0 bridgehead atoms. The van der Waals surface area contributed by atoms with Crippen LogP contribution < -0.4 is 4.72 Å². The van der Waals surface area contributed by atoms with Crippen molar-refractivity contribution in [3.05, 3.63) is 65.7 Å². The van der Waals surface area contributed by atoms with Gasteiger partial charge in [-0.3, -0.25) is 4.79 Å². The molecule has 27 heavy (non-hydrogen) atoms. The molecule has 3 rings (SSSR count).